The van der Waals surface area contributed by atoms with Crippen LogP contribution in [0.3, 0.4) is 0 Å². The number of aromatic carboxylic acids is 1. The molecule has 2 aromatic carbocycles. The van der Waals surface area contributed by atoms with E-state index in [2.05, 4.69) is 14.9 Å². The summed E-state index contributed by atoms with van der Waals surface area (Å²) in [5.74, 6) is -0.542. The second-order valence-electron chi connectivity index (χ2n) is 12.4. The van der Waals surface area contributed by atoms with Gasteiger partial charge in [0.15, 0.2) is 0 Å². The number of aromatic nitrogens is 3. The van der Waals surface area contributed by atoms with Crippen LogP contribution in [0.4, 0.5) is 18.9 Å². The number of carboxylic acid groups (broad SMARTS) is 1. The monoisotopic (exact) mass is 738 g/mol. The van der Waals surface area contributed by atoms with Gasteiger partial charge in [-0.2, -0.15) is 18.4 Å². The van der Waals surface area contributed by atoms with E-state index in [1.807, 2.05) is 12.1 Å². The molecule has 1 N–H and O–H groups in total. The van der Waals surface area contributed by atoms with Crippen LogP contribution < -0.4 is 15.2 Å². The fourth-order valence-electron chi connectivity index (χ4n) is 6.72. The van der Waals surface area contributed by atoms with Crippen LogP contribution in [-0.2, 0) is 17.5 Å². The smallest absolute Gasteiger partial charge is 0.418 e. The van der Waals surface area contributed by atoms with Crippen LogP contribution in [0.25, 0.3) is 32.2 Å². The van der Waals surface area contributed by atoms with Crippen molar-refractivity contribution in [3.8, 4) is 22.9 Å². The number of rotatable bonds is 8. The zero-order chi connectivity index (χ0) is 36.2. The highest BCUT2D eigenvalue weighted by Crippen LogP contribution is 2.42. The molecule has 2 fully saturated rings. The number of carbonyl (C=O) groups is 1. The standard InChI is InChI=1S/C35H30ClF3N6O5S/c1-18-11-23(32-30(41-18)25(17-51-32)34(47)48)22-12-20(36)3-4-28(22)50-10-9-45-19(2)42-27-13-26(35(37,38)39)31(24(14-40)29(27)33(45)46)44-7-5-43(6-8-44)21-15-49-16-21/h3-4,11-13,17,21H,5-10,15-16H2,1-2H3,(H,47,48). The number of fused-ring (bicyclic) bond motifs is 2. The third-order valence-electron chi connectivity index (χ3n) is 9.28. The fraction of sp³-hybridized carbons (Fsp3) is 0.343. The number of hydrogen-bond donors (Lipinski definition) is 1. The van der Waals surface area contributed by atoms with E-state index in [-0.39, 0.29) is 65.8 Å². The molecule has 16 heteroatoms. The van der Waals surface area contributed by atoms with E-state index in [1.165, 1.54) is 33.1 Å². The lowest BCUT2D eigenvalue weighted by Gasteiger charge is -2.43. The van der Waals surface area contributed by atoms with Crippen molar-refractivity contribution in [3.05, 3.63) is 79.3 Å². The quantitative estimate of drug-likeness (QED) is 0.198. The van der Waals surface area contributed by atoms with Crippen molar-refractivity contribution < 1.29 is 32.5 Å². The third-order valence-corrected chi connectivity index (χ3v) is 10.5. The molecule has 0 amide bonds. The molecule has 2 saturated heterocycles. The van der Waals surface area contributed by atoms with Crippen LogP contribution in [0.15, 0.2) is 40.5 Å². The molecule has 0 atom stereocenters. The van der Waals surface area contributed by atoms with Gasteiger partial charge in [0.05, 0.1) is 69.3 Å². The van der Waals surface area contributed by atoms with E-state index in [1.54, 1.807) is 25.1 Å². The molecule has 5 aromatic rings. The summed E-state index contributed by atoms with van der Waals surface area (Å²) in [6, 6.07) is 9.81. The number of nitriles is 1. The lowest BCUT2D eigenvalue weighted by molar-refractivity contribution is -0.137. The molecular weight excluding hydrogens is 709 g/mol. The molecule has 5 heterocycles. The van der Waals surface area contributed by atoms with Crippen molar-refractivity contribution in [2.45, 2.75) is 32.6 Å². The predicted molar refractivity (Wildman–Crippen MR) is 186 cm³/mol. The number of carboxylic acids is 1. The van der Waals surface area contributed by atoms with Gasteiger partial charge < -0.3 is 19.5 Å². The maximum atomic E-state index is 14.5. The first kappa shape index (κ1) is 34.7. The SMILES string of the molecule is Cc1cc(-c2cc(Cl)ccc2OCCn2c(C)nc3cc(C(F)(F)F)c(N4CCN(C5COC5)CC4)c(C#N)c3c2=O)c2scc(C(=O)O)c2n1. The molecule has 51 heavy (non-hydrogen) atoms. The molecule has 264 valence electrons. The Labute approximate surface area is 298 Å². The van der Waals surface area contributed by atoms with Gasteiger partial charge in [-0.25, -0.2) is 9.78 Å². The molecule has 2 aliphatic heterocycles. The molecule has 0 bridgehead atoms. The number of pyridine rings is 1. The minimum absolute atomic E-state index is 0.0357. The number of ether oxygens (including phenoxy) is 2. The maximum Gasteiger partial charge on any atom is 0.418 e. The molecule has 0 radical (unpaired) electrons. The lowest BCUT2D eigenvalue weighted by Crippen LogP contribution is -2.57. The van der Waals surface area contributed by atoms with Gasteiger partial charge in [0, 0.05) is 53.4 Å². The summed E-state index contributed by atoms with van der Waals surface area (Å²) in [6.45, 7) is 5.81. The first-order chi connectivity index (χ1) is 24.3. The van der Waals surface area contributed by atoms with E-state index in [4.69, 9.17) is 21.1 Å². The van der Waals surface area contributed by atoms with Gasteiger partial charge >= 0.3 is 12.1 Å². The van der Waals surface area contributed by atoms with E-state index in [9.17, 15) is 33.1 Å². The minimum atomic E-state index is -4.79. The zero-order valence-corrected chi connectivity index (χ0v) is 29.0. The predicted octanol–water partition coefficient (Wildman–Crippen LogP) is 6.13. The van der Waals surface area contributed by atoms with E-state index < -0.39 is 23.3 Å². The van der Waals surface area contributed by atoms with Gasteiger partial charge in [-0.1, -0.05) is 11.6 Å². The number of halogens is 4. The Kier molecular flexibility index (Phi) is 9.13. The number of hydrogen-bond acceptors (Lipinski definition) is 10. The summed E-state index contributed by atoms with van der Waals surface area (Å²) in [6.07, 6.45) is -4.79. The van der Waals surface area contributed by atoms with Crippen LogP contribution in [0.1, 0.15) is 33.0 Å². The van der Waals surface area contributed by atoms with E-state index in [0.29, 0.717) is 64.1 Å². The Morgan fingerprint density at radius 3 is 2.53 bits per heavy atom. The van der Waals surface area contributed by atoms with Gasteiger partial charge in [0.25, 0.3) is 5.56 Å². The molecule has 7 rings (SSSR count). The van der Waals surface area contributed by atoms with Crippen molar-refractivity contribution in [3.63, 3.8) is 0 Å². The average molecular weight is 739 g/mol. The van der Waals surface area contributed by atoms with Gasteiger partial charge in [-0.3, -0.25) is 19.2 Å². The highest BCUT2D eigenvalue weighted by atomic mass is 35.5. The van der Waals surface area contributed by atoms with Gasteiger partial charge in [0.2, 0.25) is 0 Å². The number of aryl methyl sites for hydroxylation is 2. The molecule has 11 nitrogen and oxygen atoms in total. The lowest BCUT2D eigenvalue weighted by atomic mass is 9.99. The molecule has 2 aliphatic rings. The number of thiophene rings is 1. The Balaban J connectivity index is 1.23. The average Bonchev–Trinajstić information content (AvgIpc) is 3.49. The van der Waals surface area contributed by atoms with Crippen molar-refractivity contribution in [1.82, 2.24) is 19.4 Å². The molecular formula is C35H30ClF3N6O5S. The van der Waals surface area contributed by atoms with Gasteiger partial charge in [0.1, 0.15) is 24.3 Å². The van der Waals surface area contributed by atoms with Crippen LogP contribution in [0, 0.1) is 25.2 Å². The fourth-order valence-corrected chi connectivity index (χ4v) is 7.90. The van der Waals surface area contributed by atoms with Crippen LogP contribution in [0.2, 0.25) is 5.02 Å². The van der Waals surface area contributed by atoms with Gasteiger partial charge in [-0.05, 0) is 44.2 Å². The number of piperazine rings is 1. The summed E-state index contributed by atoms with van der Waals surface area (Å²) in [5.41, 5.74) is -0.272. The first-order valence-corrected chi connectivity index (χ1v) is 17.3. The molecule has 0 saturated carbocycles. The van der Waals surface area contributed by atoms with Crippen LogP contribution in [-0.4, -0.2) is 82.6 Å². The number of anilines is 1. The highest BCUT2D eigenvalue weighted by molar-refractivity contribution is 7.18. The normalized spacial score (nSPS) is 15.7. The van der Waals surface area contributed by atoms with Crippen LogP contribution in [0.5, 0.6) is 5.75 Å². The topological polar surface area (TPSA) is 134 Å². The number of benzene rings is 2. The largest absolute Gasteiger partial charge is 0.491 e. The summed E-state index contributed by atoms with van der Waals surface area (Å²) < 4.78 is 56.9. The Bertz CT molecular complexity index is 2310. The number of nitrogens with zero attached hydrogens (tertiary/aromatic N) is 6. The molecule has 3 aromatic heterocycles. The highest BCUT2D eigenvalue weighted by Gasteiger charge is 2.39. The number of alkyl halides is 3. The van der Waals surface area contributed by atoms with Crippen LogP contribution >= 0.6 is 22.9 Å². The Morgan fingerprint density at radius 2 is 1.88 bits per heavy atom. The maximum absolute atomic E-state index is 14.5. The molecule has 0 aliphatic carbocycles. The van der Waals surface area contributed by atoms with Crippen molar-refractivity contribution in [1.29, 1.82) is 5.26 Å². The second kappa shape index (κ2) is 13.4. The molecule has 0 spiro atoms. The van der Waals surface area contributed by atoms with Crippen molar-refractivity contribution >= 4 is 55.7 Å². The van der Waals surface area contributed by atoms with E-state index >= 15 is 0 Å². The third kappa shape index (κ3) is 6.37. The zero-order valence-electron chi connectivity index (χ0n) is 27.4. The summed E-state index contributed by atoms with van der Waals surface area (Å²) in [5, 5.41) is 21.7. The summed E-state index contributed by atoms with van der Waals surface area (Å²) in [4.78, 5) is 38.4. The Hall–Kier alpha value is -4.75. The van der Waals surface area contributed by atoms with Gasteiger partial charge in [-0.15, -0.1) is 11.3 Å². The first-order valence-electron chi connectivity index (χ1n) is 16.0. The Morgan fingerprint density at radius 1 is 1.14 bits per heavy atom. The summed E-state index contributed by atoms with van der Waals surface area (Å²) >= 11 is 7.62. The summed E-state index contributed by atoms with van der Waals surface area (Å²) in [7, 11) is 0. The molecule has 0 unspecified atom stereocenters. The second-order valence-corrected chi connectivity index (χ2v) is 13.7. The van der Waals surface area contributed by atoms with E-state index in [0.717, 1.165) is 6.07 Å². The van der Waals surface area contributed by atoms with Crippen molar-refractivity contribution in [2.75, 3.05) is 50.9 Å². The van der Waals surface area contributed by atoms with Crippen molar-refractivity contribution in [2.24, 2.45) is 0 Å². The minimum Gasteiger partial charge on any atom is -0.491 e.